The van der Waals surface area contributed by atoms with Gasteiger partial charge in [-0.25, -0.2) is 0 Å². The molecular weight excluding hydrogens is 178 g/mol. The molecule has 2 rings (SSSR count). The minimum absolute atomic E-state index is 0.00871. The molecule has 0 bridgehead atoms. The van der Waals surface area contributed by atoms with E-state index in [0.717, 1.165) is 17.5 Å². The summed E-state index contributed by atoms with van der Waals surface area (Å²) in [7, 11) is 0. The van der Waals surface area contributed by atoms with Crippen molar-refractivity contribution in [2.45, 2.75) is 20.3 Å². The van der Waals surface area contributed by atoms with Crippen LogP contribution in [-0.2, 0) is 6.42 Å². The van der Waals surface area contributed by atoms with E-state index in [4.69, 9.17) is 4.52 Å². The minimum Gasteiger partial charge on any atom is -0.355 e. The Labute approximate surface area is 81.7 Å². The summed E-state index contributed by atoms with van der Waals surface area (Å²) in [6, 6.07) is 5.54. The predicted molar refractivity (Wildman–Crippen MR) is 53.4 cm³/mol. The first-order valence-corrected chi connectivity index (χ1v) is 4.62. The third kappa shape index (κ3) is 1.21. The highest BCUT2D eigenvalue weighted by Crippen LogP contribution is 2.22. The van der Waals surface area contributed by atoms with Crippen molar-refractivity contribution >= 4 is 16.8 Å². The van der Waals surface area contributed by atoms with Crippen LogP contribution in [0.2, 0.25) is 0 Å². The Morgan fingerprint density at radius 3 is 2.93 bits per heavy atom. The van der Waals surface area contributed by atoms with Gasteiger partial charge in [0.2, 0.25) is 0 Å². The van der Waals surface area contributed by atoms with E-state index < -0.39 is 0 Å². The fourth-order valence-corrected chi connectivity index (χ4v) is 1.54. The summed E-state index contributed by atoms with van der Waals surface area (Å²) in [5.41, 5.74) is 2.12. The van der Waals surface area contributed by atoms with E-state index in [1.165, 1.54) is 6.92 Å². The van der Waals surface area contributed by atoms with E-state index in [9.17, 15) is 4.79 Å². The van der Waals surface area contributed by atoms with Crippen molar-refractivity contribution in [1.82, 2.24) is 5.16 Å². The Morgan fingerprint density at radius 1 is 1.50 bits per heavy atom. The van der Waals surface area contributed by atoms with Crippen LogP contribution in [0.4, 0.5) is 0 Å². The highest BCUT2D eigenvalue weighted by atomic mass is 16.5. The third-order valence-electron chi connectivity index (χ3n) is 2.29. The SMILES string of the molecule is CCc1noc2c(C(C)=O)cccc12. The smallest absolute Gasteiger partial charge is 0.177 e. The number of ketones is 1. The van der Waals surface area contributed by atoms with Gasteiger partial charge >= 0.3 is 0 Å². The molecule has 0 fully saturated rings. The molecule has 1 aromatic carbocycles. The average molecular weight is 189 g/mol. The third-order valence-corrected chi connectivity index (χ3v) is 2.29. The number of benzene rings is 1. The van der Waals surface area contributed by atoms with E-state index in [1.807, 2.05) is 19.1 Å². The van der Waals surface area contributed by atoms with Crippen LogP contribution in [0.25, 0.3) is 11.0 Å². The zero-order chi connectivity index (χ0) is 10.1. The molecule has 0 amide bonds. The van der Waals surface area contributed by atoms with Crippen LogP contribution in [0.5, 0.6) is 0 Å². The maximum absolute atomic E-state index is 11.3. The van der Waals surface area contributed by atoms with Gasteiger partial charge in [-0.3, -0.25) is 4.79 Å². The summed E-state index contributed by atoms with van der Waals surface area (Å²) in [5.74, 6) is 0.00871. The largest absolute Gasteiger partial charge is 0.355 e. The van der Waals surface area contributed by atoms with E-state index in [0.29, 0.717) is 11.1 Å². The second-order valence-corrected chi connectivity index (χ2v) is 3.22. The Morgan fingerprint density at radius 2 is 2.29 bits per heavy atom. The van der Waals surface area contributed by atoms with Crippen LogP contribution in [-0.4, -0.2) is 10.9 Å². The van der Waals surface area contributed by atoms with Gasteiger partial charge in [-0.05, 0) is 25.5 Å². The average Bonchev–Trinajstić information content (AvgIpc) is 2.59. The van der Waals surface area contributed by atoms with Gasteiger partial charge in [-0.2, -0.15) is 0 Å². The molecule has 0 spiro atoms. The highest BCUT2D eigenvalue weighted by molar-refractivity contribution is 6.05. The molecule has 3 nitrogen and oxygen atoms in total. The molecule has 1 aromatic heterocycles. The van der Waals surface area contributed by atoms with Gasteiger partial charge in [-0.1, -0.05) is 18.1 Å². The molecule has 72 valence electrons. The number of aromatic nitrogens is 1. The van der Waals surface area contributed by atoms with Crippen molar-refractivity contribution < 1.29 is 9.32 Å². The first kappa shape index (κ1) is 8.94. The monoisotopic (exact) mass is 189 g/mol. The van der Waals surface area contributed by atoms with Crippen LogP contribution < -0.4 is 0 Å². The molecule has 1 heterocycles. The number of hydrogen-bond donors (Lipinski definition) is 0. The van der Waals surface area contributed by atoms with Crippen LogP contribution >= 0.6 is 0 Å². The van der Waals surface area contributed by atoms with Gasteiger partial charge in [0.1, 0.15) is 0 Å². The van der Waals surface area contributed by atoms with Gasteiger partial charge in [-0.15, -0.1) is 0 Å². The maximum atomic E-state index is 11.3. The molecule has 0 saturated carbocycles. The van der Waals surface area contributed by atoms with Crippen molar-refractivity contribution in [3.8, 4) is 0 Å². The summed E-state index contributed by atoms with van der Waals surface area (Å²) in [6.07, 6.45) is 0.814. The normalized spacial score (nSPS) is 10.7. The van der Waals surface area contributed by atoms with Crippen LogP contribution in [0.15, 0.2) is 22.7 Å². The quantitative estimate of drug-likeness (QED) is 0.682. The number of carbonyl (C=O) groups is 1. The van der Waals surface area contributed by atoms with Crippen LogP contribution in [0.1, 0.15) is 29.9 Å². The van der Waals surface area contributed by atoms with Crippen molar-refractivity contribution in [3.05, 3.63) is 29.5 Å². The number of aryl methyl sites for hydroxylation is 1. The molecule has 0 unspecified atom stereocenters. The van der Waals surface area contributed by atoms with Crippen molar-refractivity contribution in [3.63, 3.8) is 0 Å². The maximum Gasteiger partial charge on any atom is 0.177 e. The zero-order valence-electron chi connectivity index (χ0n) is 8.20. The van der Waals surface area contributed by atoms with Crippen molar-refractivity contribution in [1.29, 1.82) is 0 Å². The fourth-order valence-electron chi connectivity index (χ4n) is 1.54. The fraction of sp³-hybridized carbons (Fsp3) is 0.273. The summed E-state index contributed by atoms with van der Waals surface area (Å²) < 4.78 is 5.16. The number of hydrogen-bond acceptors (Lipinski definition) is 3. The number of fused-ring (bicyclic) bond motifs is 1. The minimum atomic E-state index is 0.00871. The number of carbonyl (C=O) groups excluding carboxylic acids is 1. The van der Waals surface area contributed by atoms with E-state index >= 15 is 0 Å². The molecule has 0 aliphatic carbocycles. The van der Waals surface area contributed by atoms with Gasteiger partial charge in [0, 0.05) is 5.39 Å². The molecule has 14 heavy (non-hydrogen) atoms. The number of Topliss-reactive ketones (excluding diaryl/α,β-unsaturated/α-hetero) is 1. The number of nitrogens with zero attached hydrogens (tertiary/aromatic N) is 1. The molecule has 2 aromatic rings. The Bertz CT molecular complexity index is 485. The molecule has 0 saturated heterocycles. The molecule has 0 atom stereocenters. The van der Waals surface area contributed by atoms with Gasteiger partial charge in [0.05, 0.1) is 11.3 Å². The summed E-state index contributed by atoms with van der Waals surface area (Å²) in [5, 5.41) is 4.87. The second-order valence-electron chi connectivity index (χ2n) is 3.22. The molecule has 0 radical (unpaired) electrons. The summed E-state index contributed by atoms with van der Waals surface area (Å²) in [6.45, 7) is 3.54. The van der Waals surface area contributed by atoms with E-state index in [1.54, 1.807) is 6.07 Å². The van der Waals surface area contributed by atoms with Crippen LogP contribution in [0.3, 0.4) is 0 Å². The molecular formula is C11H11NO2. The lowest BCUT2D eigenvalue weighted by Crippen LogP contribution is -1.91. The summed E-state index contributed by atoms with van der Waals surface area (Å²) in [4.78, 5) is 11.3. The van der Waals surface area contributed by atoms with Crippen molar-refractivity contribution in [2.75, 3.05) is 0 Å². The van der Waals surface area contributed by atoms with Gasteiger partial charge in [0.15, 0.2) is 11.4 Å². The zero-order valence-corrected chi connectivity index (χ0v) is 8.20. The Balaban J connectivity index is 2.76. The predicted octanol–water partition coefficient (Wildman–Crippen LogP) is 2.59. The topological polar surface area (TPSA) is 43.1 Å². The molecule has 0 aliphatic rings. The molecule has 0 N–H and O–H groups in total. The van der Waals surface area contributed by atoms with Gasteiger partial charge < -0.3 is 4.52 Å². The lowest BCUT2D eigenvalue weighted by atomic mass is 10.1. The van der Waals surface area contributed by atoms with Crippen molar-refractivity contribution in [2.24, 2.45) is 0 Å². The van der Waals surface area contributed by atoms with E-state index in [-0.39, 0.29) is 5.78 Å². The standard InChI is InChI=1S/C11H11NO2/c1-3-10-9-6-4-5-8(7(2)13)11(9)14-12-10/h4-6H,3H2,1-2H3. The number of rotatable bonds is 2. The Kier molecular flexibility index (Phi) is 2.08. The number of para-hydroxylation sites is 1. The molecule has 3 heteroatoms. The first-order chi connectivity index (χ1) is 6.74. The van der Waals surface area contributed by atoms with Crippen LogP contribution in [0, 0.1) is 0 Å². The lowest BCUT2D eigenvalue weighted by Gasteiger charge is -1.94. The highest BCUT2D eigenvalue weighted by Gasteiger charge is 2.12. The lowest BCUT2D eigenvalue weighted by molar-refractivity contribution is 0.101. The second kappa shape index (κ2) is 3.25. The molecule has 0 aliphatic heterocycles. The van der Waals surface area contributed by atoms with Gasteiger partial charge in [0.25, 0.3) is 0 Å². The van der Waals surface area contributed by atoms with E-state index in [2.05, 4.69) is 5.16 Å². The first-order valence-electron chi connectivity index (χ1n) is 4.62. The summed E-state index contributed by atoms with van der Waals surface area (Å²) >= 11 is 0. The Hall–Kier alpha value is -1.64.